The second-order valence-electron chi connectivity index (χ2n) is 7.45. The van der Waals surface area contributed by atoms with Crippen molar-refractivity contribution in [1.29, 1.82) is 0 Å². The Morgan fingerprint density at radius 1 is 1.27 bits per heavy atom. The summed E-state index contributed by atoms with van der Waals surface area (Å²) >= 11 is 0. The van der Waals surface area contributed by atoms with Crippen LogP contribution in [0.5, 0.6) is 0 Å². The lowest BCUT2D eigenvalue weighted by atomic mass is 10.0. The zero-order valence-electron chi connectivity index (χ0n) is 13.6. The van der Waals surface area contributed by atoms with E-state index in [1.807, 2.05) is 20.8 Å². The second-order valence-corrected chi connectivity index (χ2v) is 7.45. The fourth-order valence-corrected chi connectivity index (χ4v) is 3.12. The predicted octanol–water partition coefficient (Wildman–Crippen LogP) is 2.05. The Bertz CT molecular complexity index is 406. The van der Waals surface area contributed by atoms with Gasteiger partial charge in [0.1, 0.15) is 5.60 Å². The Balaban J connectivity index is 1.82. The molecule has 1 amide bonds. The highest BCUT2D eigenvalue weighted by Crippen LogP contribution is 2.29. The molecule has 0 aliphatic carbocycles. The average molecular weight is 319 g/mol. The number of carbonyl (C=O) groups excluding carboxylic acids is 1. The van der Waals surface area contributed by atoms with E-state index in [9.17, 15) is 13.6 Å². The third-order valence-corrected chi connectivity index (χ3v) is 4.43. The van der Waals surface area contributed by atoms with Gasteiger partial charge < -0.3 is 15.4 Å². The van der Waals surface area contributed by atoms with Gasteiger partial charge in [-0.2, -0.15) is 0 Å². The molecule has 5 nitrogen and oxygen atoms in total. The summed E-state index contributed by atoms with van der Waals surface area (Å²) in [7, 11) is 0. The van der Waals surface area contributed by atoms with Gasteiger partial charge >= 0.3 is 6.09 Å². The normalized spacial score (nSPS) is 28.4. The number of rotatable bonds is 2. The molecule has 0 radical (unpaired) electrons. The Morgan fingerprint density at radius 3 is 2.32 bits per heavy atom. The van der Waals surface area contributed by atoms with Crippen molar-refractivity contribution in [3.8, 4) is 0 Å². The van der Waals surface area contributed by atoms with Crippen molar-refractivity contribution in [1.82, 2.24) is 9.80 Å². The van der Waals surface area contributed by atoms with Crippen molar-refractivity contribution < 1.29 is 18.3 Å². The van der Waals surface area contributed by atoms with Crippen LogP contribution < -0.4 is 5.73 Å². The molecule has 1 unspecified atom stereocenters. The molecular formula is C15H27F2N3O2. The second kappa shape index (κ2) is 6.28. The molecule has 2 fully saturated rings. The molecule has 2 rings (SSSR count). The first kappa shape index (κ1) is 17.4. The maximum absolute atomic E-state index is 13.0. The largest absolute Gasteiger partial charge is 0.444 e. The van der Waals surface area contributed by atoms with Gasteiger partial charge in [-0.05, 0) is 40.0 Å². The first-order chi connectivity index (χ1) is 10.1. The SMILES string of the molecule is CC(C)(C)OC(=O)N1CCC(N2CCC(N)(C(F)F)C2)CC1. The van der Waals surface area contributed by atoms with Crippen molar-refractivity contribution >= 4 is 6.09 Å². The third-order valence-electron chi connectivity index (χ3n) is 4.43. The number of hydrogen-bond acceptors (Lipinski definition) is 4. The van der Waals surface area contributed by atoms with Crippen LogP contribution in [-0.4, -0.2) is 65.7 Å². The van der Waals surface area contributed by atoms with E-state index in [1.54, 1.807) is 4.90 Å². The molecule has 0 saturated carbocycles. The van der Waals surface area contributed by atoms with Crippen molar-refractivity contribution in [3.05, 3.63) is 0 Å². The zero-order chi connectivity index (χ0) is 16.5. The lowest BCUT2D eigenvalue weighted by Crippen LogP contribution is -2.52. The molecule has 0 spiro atoms. The Kier molecular flexibility index (Phi) is 4.96. The fourth-order valence-electron chi connectivity index (χ4n) is 3.12. The summed E-state index contributed by atoms with van der Waals surface area (Å²) in [5.74, 6) is 0. The van der Waals surface area contributed by atoms with Crippen LogP contribution in [0.2, 0.25) is 0 Å². The number of likely N-dealkylation sites (tertiary alicyclic amines) is 2. The molecule has 2 N–H and O–H groups in total. The van der Waals surface area contributed by atoms with Crippen LogP contribution in [0, 0.1) is 0 Å². The van der Waals surface area contributed by atoms with E-state index in [2.05, 4.69) is 4.90 Å². The van der Waals surface area contributed by atoms with E-state index in [1.165, 1.54) is 0 Å². The fraction of sp³-hybridized carbons (Fsp3) is 0.933. The number of amides is 1. The van der Waals surface area contributed by atoms with Gasteiger partial charge in [0, 0.05) is 32.2 Å². The minimum atomic E-state index is -2.49. The van der Waals surface area contributed by atoms with E-state index in [-0.39, 0.29) is 18.7 Å². The summed E-state index contributed by atoms with van der Waals surface area (Å²) in [6, 6.07) is 0.225. The Morgan fingerprint density at radius 2 is 1.86 bits per heavy atom. The van der Waals surface area contributed by atoms with Gasteiger partial charge in [0.05, 0.1) is 5.54 Å². The van der Waals surface area contributed by atoms with Gasteiger partial charge in [0.2, 0.25) is 0 Å². The third kappa shape index (κ3) is 4.07. The van der Waals surface area contributed by atoms with Gasteiger partial charge in [0.25, 0.3) is 6.43 Å². The minimum Gasteiger partial charge on any atom is -0.444 e. The van der Waals surface area contributed by atoms with Crippen LogP contribution in [0.1, 0.15) is 40.0 Å². The zero-order valence-corrected chi connectivity index (χ0v) is 13.6. The quantitative estimate of drug-likeness (QED) is 0.846. The van der Waals surface area contributed by atoms with Crippen LogP contribution >= 0.6 is 0 Å². The van der Waals surface area contributed by atoms with Crippen molar-refractivity contribution in [2.24, 2.45) is 5.73 Å². The van der Waals surface area contributed by atoms with Gasteiger partial charge in [-0.3, -0.25) is 4.90 Å². The minimum absolute atomic E-state index is 0.225. The number of nitrogens with two attached hydrogens (primary N) is 1. The first-order valence-electron chi connectivity index (χ1n) is 7.90. The Labute approximate surface area is 130 Å². The van der Waals surface area contributed by atoms with Gasteiger partial charge in [-0.15, -0.1) is 0 Å². The number of ether oxygens (including phenoxy) is 1. The molecule has 0 aromatic carbocycles. The van der Waals surface area contributed by atoms with Crippen LogP contribution in [-0.2, 0) is 4.74 Å². The molecule has 0 aromatic heterocycles. The number of piperidine rings is 1. The van der Waals surface area contributed by atoms with Gasteiger partial charge in [-0.25, -0.2) is 13.6 Å². The standard InChI is InChI=1S/C15H27F2N3O2/c1-14(2,3)22-13(21)19-7-4-11(5-8-19)20-9-6-15(18,10-20)12(16)17/h11-12H,4-10,18H2,1-3H3. The molecule has 128 valence electrons. The molecule has 2 saturated heterocycles. The highest BCUT2D eigenvalue weighted by molar-refractivity contribution is 5.68. The summed E-state index contributed by atoms with van der Waals surface area (Å²) in [4.78, 5) is 15.8. The summed E-state index contributed by atoms with van der Waals surface area (Å²) in [5.41, 5.74) is 3.89. The van der Waals surface area contributed by atoms with E-state index >= 15 is 0 Å². The van der Waals surface area contributed by atoms with E-state index in [0.29, 0.717) is 26.1 Å². The first-order valence-corrected chi connectivity index (χ1v) is 7.90. The average Bonchev–Trinajstić information content (AvgIpc) is 2.81. The molecule has 2 heterocycles. The summed E-state index contributed by atoms with van der Waals surface area (Å²) < 4.78 is 31.3. The van der Waals surface area contributed by atoms with Gasteiger partial charge in [0.15, 0.2) is 0 Å². The van der Waals surface area contributed by atoms with E-state index < -0.39 is 17.6 Å². The number of alkyl halides is 2. The smallest absolute Gasteiger partial charge is 0.410 e. The molecule has 2 aliphatic rings. The number of carbonyl (C=O) groups is 1. The summed E-state index contributed by atoms with van der Waals surface area (Å²) in [6.45, 7) is 7.57. The molecular weight excluding hydrogens is 292 g/mol. The Hall–Kier alpha value is -0.950. The molecule has 1 atom stereocenters. The van der Waals surface area contributed by atoms with Crippen LogP contribution in [0.15, 0.2) is 0 Å². The molecule has 0 aromatic rings. The number of halogens is 2. The molecule has 7 heteroatoms. The van der Waals surface area contributed by atoms with Crippen molar-refractivity contribution in [2.45, 2.75) is 63.6 Å². The number of hydrogen-bond donors (Lipinski definition) is 1. The van der Waals surface area contributed by atoms with E-state index in [0.717, 1.165) is 12.8 Å². The van der Waals surface area contributed by atoms with Crippen molar-refractivity contribution in [3.63, 3.8) is 0 Å². The highest BCUT2D eigenvalue weighted by Gasteiger charge is 2.44. The lowest BCUT2D eigenvalue weighted by Gasteiger charge is -2.37. The van der Waals surface area contributed by atoms with Crippen LogP contribution in [0.4, 0.5) is 13.6 Å². The lowest BCUT2D eigenvalue weighted by molar-refractivity contribution is 0.0138. The van der Waals surface area contributed by atoms with Crippen LogP contribution in [0.25, 0.3) is 0 Å². The maximum Gasteiger partial charge on any atom is 0.410 e. The molecule has 22 heavy (non-hydrogen) atoms. The monoisotopic (exact) mass is 319 g/mol. The molecule has 2 aliphatic heterocycles. The maximum atomic E-state index is 13.0. The molecule has 0 bridgehead atoms. The highest BCUT2D eigenvalue weighted by atomic mass is 19.3. The van der Waals surface area contributed by atoms with Crippen LogP contribution in [0.3, 0.4) is 0 Å². The number of nitrogens with zero attached hydrogens (tertiary/aromatic N) is 2. The summed E-state index contributed by atoms with van der Waals surface area (Å²) in [6.07, 6.45) is -0.902. The topological polar surface area (TPSA) is 58.8 Å². The predicted molar refractivity (Wildman–Crippen MR) is 79.9 cm³/mol. The summed E-state index contributed by atoms with van der Waals surface area (Å²) in [5, 5.41) is 0. The van der Waals surface area contributed by atoms with E-state index in [4.69, 9.17) is 10.5 Å². The van der Waals surface area contributed by atoms with Gasteiger partial charge in [-0.1, -0.05) is 0 Å². The van der Waals surface area contributed by atoms with Crippen molar-refractivity contribution in [2.75, 3.05) is 26.2 Å².